The molecule has 0 unspecified atom stereocenters. The van der Waals surface area contributed by atoms with Crippen LogP contribution in [0.4, 0.5) is 0 Å². The molecular weight excluding hydrogens is 833 g/mol. The van der Waals surface area contributed by atoms with Crippen molar-refractivity contribution in [1.29, 1.82) is 0 Å². The van der Waals surface area contributed by atoms with Crippen molar-refractivity contribution in [2.24, 2.45) is 0 Å². The Labute approximate surface area is 389 Å². The summed E-state index contributed by atoms with van der Waals surface area (Å²) in [5.41, 5.74) is 12.7. The van der Waals surface area contributed by atoms with Gasteiger partial charge in [-0.1, -0.05) is 200 Å². The lowest BCUT2D eigenvalue weighted by atomic mass is 9.84. The van der Waals surface area contributed by atoms with E-state index < -0.39 is 0 Å². The molecule has 0 aliphatic heterocycles. The number of hydrogen-bond acceptors (Lipinski definition) is 2. The Balaban J connectivity index is 0.944. The first-order chi connectivity index (χ1) is 32.7. The third-order valence-corrected chi connectivity index (χ3v) is 16.1. The van der Waals surface area contributed by atoms with Crippen LogP contribution in [-0.2, 0) is 0 Å². The highest BCUT2D eigenvalue weighted by Gasteiger charge is 2.22. The van der Waals surface area contributed by atoms with Gasteiger partial charge in [0, 0.05) is 40.3 Å². The van der Waals surface area contributed by atoms with Crippen molar-refractivity contribution in [3.05, 3.63) is 231 Å². The predicted molar refractivity (Wildman–Crippen MR) is 289 cm³/mol. The Hall–Kier alpha value is -7.88. The van der Waals surface area contributed by atoms with Crippen LogP contribution in [-0.4, -0.2) is 0 Å². The highest BCUT2D eigenvalue weighted by atomic mass is 32.1. The SMILES string of the molecule is c1ccc(-c2ccc3c(c2)sc2cccc(-c4c5ccccc5c(-c5ccc6c(c5)sc5ccc(-c7c8ccccc8c(-c8ccccc8)c8ccccc78)cc56)c5ccccc45)c23)cc1. The standard InChI is InChI=1S/C64H38S2/c1-3-16-39(17-4-1)41-30-34-53-59(37-41)66-57-29-15-28-54(64(53)57)63-51-26-13-11-24-49(51)62(50-25-12-14-27-52(50)63)43-31-33-44-55-36-42(32-35-56(55)65-58(44)38-43)61-47-22-9-7-20-45(47)60(40-18-5-2-6-19-40)46-21-8-10-23-48(46)61/h1-38H. The van der Waals surface area contributed by atoms with Gasteiger partial charge in [0.05, 0.1) is 0 Å². The van der Waals surface area contributed by atoms with E-state index in [-0.39, 0.29) is 0 Å². The van der Waals surface area contributed by atoms with Crippen LogP contribution in [0.1, 0.15) is 0 Å². The molecule has 2 heteroatoms. The second-order valence-corrected chi connectivity index (χ2v) is 19.6. The van der Waals surface area contributed by atoms with Gasteiger partial charge in [0.25, 0.3) is 0 Å². The molecule has 0 saturated carbocycles. The van der Waals surface area contributed by atoms with Crippen LogP contribution in [0, 0.1) is 0 Å². The average molecular weight is 871 g/mol. The van der Waals surface area contributed by atoms with E-state index in [9.17, 15) is 0 Å². The molecule has 0 atom stereocenters. The van der Waals surface area contributed by atoms with Gasteiger partial charge in [-0.3, -0.25) is 0 Å². The molecule has 12 aromatic carbocycles. The lowest BCUT2D eigenvalue weighted by Crippen LogP contribution is -1.91. The highest BCUT2D eigenvalue weighted by Crippen LogP contribution is 2.50. The molecule has 0 fully saturated rings. The Morgan fingerprint density at radius 2 is 0.621 bits per heavy atom. The monoisotopic (exact) mass is 870 g/mol. The third-order valence-electron chi connectivity index (χ3n) is 13.8. The molecule has 0 amide bonds. The van der Waals surface area contributed by atoms with Crippen LogP contribution in [0.2, 0.25) is 0 Å². The predicted octanol–water partition coefficient (Wildman–Crippen LogP) is 19.4. The fraction of sp³-hybridized carbons (Fsp3) is 0. The van der Waals surface area contributed by atoms with E-state index in [1.807, 2.05) is 22.7 Å². The topological polar surface area (TPSA) is 0 Å². The van der Waals surface area contributed by atoms with Gasteiger partial charge < -0.3 is 0 Å². The minimum atomic E-state index is 1.24. The minimum absolute atomic E-state index is 1.24. The van der Waals surface area contributed by atoms with E-state index in [4.69, 9.17) is 0 Å². The van der Waals surface area contributed by atoms with Gasteiger partial charge in [-0.15, -0.1) is 22.7 Å². The fourth-order valence-electron chi connectivity index (χ4n) is 11.0. The van der Waals surface area contributed by atoms with E-state index in [0.717, 1.165) is 0 Å². The number of fused-ring (bicyclic) bond motifs is 10. The molecule has 2 aromatic heterocycles. The van der Waals surface area contributed by atoms with Crippen LogP contribution in [0.5, 0.6) is 0 Å². The summed E-state index contributed by atoms with van der Waals surface area (Å²) in [6.45, 7) is 0. The summed E-state index contributed by atoms with van der Waals surface area (Å²) in [4.78, 5) is 0. The number of hydrogen-bond donors (Lipinski definition) is 0. The Bertz CT molecular complexity index is 4150. The second-order valence-electron chi connectivity index (χ2n) is 17.4. The van der Waals surface area contributed by atoms with E-state index in [2.05, 4.69) is 231 Å². The number of rotatable bonds is 5. The summed E-state index contributed by atoms with van der Waals surface area (Å²) in [5, 5.41) is 15.5. The van der Waals surface area contributed by atoms with E-state index in [1.165, 1.54) is 139 Å². The van der Waals surface area contributed by atoms with Gasteiger partial charge in [-0.05, 0) is 129 Å². The van der Waals surface area contributed by atoms with Crippen molar-refractivity contribution >= 4 is 106 Å². The molecule has 14 rings (SSSR count). The van der Waals surface area contributed by atoms with Gasteiger partial charge >= 0.3 is 0 Å². The van der Waals surface area contributed by atoms with Crippen molar-refractivity contribution in [1.82, 2.24) is 0 Å². The molecule has 14 aromatic rings. The Morgan fingerprint density at radius 3 is 1.21 bits per heavy atom. The molecule has 0 saturated heterocycles. The third kappa shape index (κ3) is 5.69. The van der Waals surface area contributed by atoms with Gasteiger partial charge in [-0.25, -0.2) is 0 Å². The molecule has 66 heavy (non-hydrogen) atoms. The van der Waals surface area contributed by atoms with E-state index >= 15 is 0 Å². The van der Waals surface area contributed by atoms with Gasteiger partial charge in [0.15, 0.2) is 0 Å². The normalized spacial score (nSPS) is 11.9. The van der Waals surface area contributed by atoms with Crippen LogP contribution in [0.25, 0.3) is 139 Å². The van der Waals surface area contributed by atoms with Crippen LogP contribution < -0.4 is 0 Å². The zero-order valence-electron chi connectivity index (χ0n) is 35.8. The summed E-state index contributed by atoms with van der Waals surface area (Å²) in [6, 6.07) is 85.8. The lowest BCUT2D eigenvalue weighted by Gasteiger charge is -2.18. The fourth-order valence-corrected chi connectivity index (χ4v) is 13.3. The molecule has 0 radical (unpaired) electrons. The second kappa shape index (κ2) is 14.8. The Morgan fingerprint density at radius 1 is 0.197 bits per heavy atom. The maximum Gasteiger partial charge on any atom is 0.0361 e. The van der Waals surface area contributed by atoms with Crippen LogP contribution >= 0.6 is 22.7 Å². The summed E-state index contributed by atoms with van der Waals surface area (Å²) in [7, 11) is 0. The average Bonchev–Trinajstić information content (AvgIpc) is 3.95. The molecule has 0 spiro atoms. The van der Waals surface area contributed by atoms with Crippen molar-refractivity contribution in [3.8, 4) is 55.6 Å². The van der Waals surface area contributed by atoms with Gasteiger partial charge in [0.2, 0.25) is 0 Å². The molecule has 306 valence electrons. The zero-order chi connectivity index (χ0) is 43.3. The van der Waals surface area contributed by atoms with Crippen LogP contribution in [0.15, 0.2) is 231 Å². The smallest absolute Gasteiger partial charge is 0.0361 e. The van der Waals surface area contributed by atoms with Gasteiger partial charge in [-0.2, -0.15) is 0 Å². The quantitative estimate of drug-likeness (QED) is 0.151. The first-order valence-electron chi connectivity index (χ1n) is 22.7. The summed E-state index contributed by atoms with van der Waals surface area (Å²) < 4.78 is 5.23. The minimum Gasteiger partial charge on any atom is -0.135 e. The first kappa shape index (κ1) is 37.5. The van der Waals surface area contributed by atoms with Crippen molar-refractivity contribution in [3.63, 3.8) is 0 Å². The number of thiophene rings is 2. The molecule has 0 aliphatic carbocycles. The maximum atomic E-state index is 2.45. The van der Waals surface area contributed by atoms with Crippen molar-refractivity contribution in [2.45, 2.75) is 0 Å². The lowest BCUT2D eigenvalue weighted by molar-refractivity contribution is 1.66. The van der Waals surface area contributed by atoms with Crippen LogP contribution in [0.3, 0.4) is 0 Å². The molecular formula is C64H38S2. The Kier molecular flexibility index (Phi) is 8.43. The van der Waals surface area contributed by atoms with Crippen molar-refractivity contribution < 1.29 is 0 Å². The largest absolute Gasteiger partial charge is 0.135 e. The molecule has 0 nitrogen and oxygen atoms in total. The van der Waals surface area contributed by atoms with E-state index in [0.29, 0.717) is 0 Å². The maximum absolute atomic E-state index is 2.45. The zero-order valence-corrected chi connectivity index (χ0v) is 37.4. The van der Waals surface area contributed by atoms with E-state index in [1.54, 1.807) is 0 Å². The van der Waals surface area contributed by atoms with Gasteiger partial charge in [0.1, 0.15) is 0 Å². The first-order valence-corrected chi connectivity index (χ1v) is 24.3. The summed E-state index contributed by atoms with van der Waals surface area (Å²) >= 11 is 3.79. The summed E-state index contributed by atoms with van der Waals surface area (Å²) in [5.74, 6) is 0. The van der Waals surface area contributed by atoms with Crippen molar-refractivity contribution in [2.75, 3.05) is 0 Å². The highest BCUT2D eigenvalue weighted by molar-refractivity contribution is 7.26. The molecule has 0 aliphatic rings. The molecule has 2 heterocycles. The molecule has 0 N–H and O–H groups in total. The summed E-state index contributed by atoms with van der Waals surface area (Å²) in [6.07, 6.45) is 0. The number of benzene rings is 12. The molecule has 0 bridgehead atoms.